The maximum absolute atomic E-state index is 12.8. The van der Waals surface area contributed by atoms with Crippen LogP contribution in [-0.2, 0) is 0 Å². The monoisotopic (exact) mass is 419 g/mol. The standard InChI is InChI=1S/C19H17N9O3/c1-2-30-14-7-5-13(6-8-14)16-15(23-27-28(16)18-17(20)25-31-26-18)19(29)24-22-11-12-4-3-9-21-10-12/h3-11H,2H2,1H3,(H2,20,25)(H,24,29)/b22-11-. The van der Waals surface area contributed by atoms with Gasteiger partial charge in [-0.3, -0.25) is 9.78 Å². The van der Waals surface area contributed by atoms with E-state index in [2.05, 4.69) is 40.8 Å². The molecule has 0 spiro atoms. The lowest BCUT2D eigenvalue weighted by atomic mass is 10.1. The van der Waals surface area contributed by atoms with Crippen molar-refractivity contribution >= 4 is 17.9 Å². The number of nitrogens with zero attached hydrogens (tertiary/aromatic N) is 7. The number of rotatable bonds is 7. The molecule has 0 bridgehead atoms. The zero-order valence-corrected chi connectivity index (χ0v) is 16.3. The molecule has 0 unspecified atom stereocenters. The van der Waals surface area contributed by atoms with Crippen molar-refractivity contribution in [1.82, 2.24) is 35.7 Å². The van der Waals surface area contributed by atoms with Crippen LogP contribution >= 0.6 is 0 Å². The number of nitrogens with two attached hydrogens (primary N) is 1. The van der Waals surface area contributed by atoms with E-state index in [1.807, 2.05) is 6.92 Å². The van der Waals surface area contributed by atoms with Gasteiger partial charge in [-0.25, -0.2) is 10.1 Å². The van der Waals surface area contributed by atoms with Crippen LogP contribution in [0.5, 0.6) is 5.75 Å². The highest BCUT2D eigenvalue weighted by atomic mass is 16.6. The van der Waals surface area contributed by atoms with Gasteiger partial charge in [-0.2, -0.15) is 9.78 Å². The molecule has 3 aromatic heterocycles. The highest BCUT2D eigenvalue weighted by Crippen LogP contribution is 2.28. The molecule has 4 rings (SSSR count). The summed E-state index contributed by atoms with van der Waals surface area (Å²) < 4.78 is 11.4. The Morgan fingerprint density at radius 1 is 1.29 bits per heavy atom. The fourth-order valence-corrected chi connectivity index (χ4v) is 2.73. The molecule has 0 saturated heterocycles. The topological polar surface area (TPSA) is 159 Å². The zero-order valence-electron chi connectivity index (χ0n) is 16.3. The molecule has 1 amide bonds. The molecule has 0 atom stereocenters. The molecule has 31 heavy (non-hydrogen) atoms. The van der Waals surface area contributed by atoms with Gasteiger partial charge in [0.25, 0.3) is 5.91 Å². The van der Waals surface area contributed by atoms with E-state index in [1.54, 1.807) is 48.8 Å². The second-order valence-corrected chi connectivity index (χ2v) is 6.11. The molecule has 3 N–H and O–H groups in total. The Balaban J connectivity index is 1.69. The Kier molecular flexibility index (Phi) is 5.60. The summed E-state index contributed by atoms with van der Waals surface area (Å²) in [5.74, 6) is 0.207. The number of nitrogens with one attached hydrogen (secondary N) is 1. The van der Waals surface area contributed by atoms with Gasteiger partial charge < -0.3 is 10.5 Å². The largest absolute Gasteiger partial charge is 0.494 e. The van der Waals surface area contributed by atoms with Crippen LogP contribution in [0, 0.1) is 0 Å². The first kappa shape index (κ1) is 19.7. The van der Waals surface area contributed by atoms with Crippen molar-refractivity contribution in [3.05, 3.63) is 60.0 Å². The second-order valence-electron chi connectivity index (χ2n) is 6.11. The fraction of sp³-hybridized carbons (Fsp3) is 0.105. The second kappa shape index (κ2) is 8.82. The highest BCUT2D eigenvalue weighted by Gasteiger charge is 2.25. The number of anilines is 1. The molecule has 0 radical (unpaired) electrons. The molecule has 0 aliphatic rings. The van der Waals surface area contributed by atoms with Crippen LogP contribution in [0.15, 0.2) is 58.5 Å². The Morgan fingerprint density at radius 3 is 2.81 bits per heavy atom. The summed E-state index contributed by atoms with van der Waals surface area (Å²) in [6.07, 6.45) is 4.71. The predicted molar refractivity (Wildman–Crippen MR) is 110 cm³/mol. The molecule has 0 saturated carbocycles. The van der Waals surface area contributed by atoms with Gasteiger partial charge in [-0.1, -0.05) is 11.3 Å². The van der Waals surface area contributed by atoms with E-state index in [0.29, 0.717) is 23.6 Å². The van der Waals surface area contributed by atoms with Gasteiger partial charge in [0.05, 0.1) is 12.8 Å². The van der Waals surface area contributed by atoms with Crippen LogP contribution in [0.4, 0.5) is 5.82 Å². The van der Waals surface area contributed by atoms with Crippen molar-refractivity contribution in [1.29, 1.82) is 0 Å². The van der Waals surface area contributed by atoms with Crippen molar-refractivity contribution < 1.29 is 14.2 Å². The van der Waals surface area contributed by atoms with Crippen molar-refractivity contribution in [3.63, 3.8) is 0 Å². The number of benzene rings is 1. The maximum atomic E-state index is 12.8. The lowest BCUT2D eigenvalue weighted by Crippen LogP contribution is -2.19. The molecular formula is C19H17N9O3. The number of hydrogen-bond donors (Lipinski definition) is 2. The third-order valence-corrected chi connectivity index (χ3v) is 4.08. The van der Waals surface area contributed by atoms with Crippen molar-refractivity contribution in [3.8, 4) is 22.8 Å². The molecule has 156 valence electrons. The van der Waals surface area contributed by atoms with Gasteiger partial charge in [0, 0.05) is 23.5 Å². The first-order valence-electron chi connectivity index (χ1n) is 9.18. The van der Waals surface area contributed by atoms with E-state index in [0.717, 1.165) is 5.56 Å². The smallest absolute Gasteiger partial charge is 0.294 e. The van der Waals surface area contributed by atoms with Gasteiger partial charge >= 0.3 is 0 Å². The van der Waals surface area contributed by atoms with Crippen LogP contribution in [0.3, 0.4) is 0 Å². The summed E-state index contributed by atoms with van der Waals surface area (Å²) in [5.41, 5.74) is 9.93. The van der Waals surface area contributed by atoms with Crippen LogP contribution in [-0.4, -0.2) is 49.0 Å². The number of aromatic nitrogens is 6. The number of nitrogen functional groups attached to an aromatic ring is 1. The van der Waals surface area contributed by atoms with Gasteiger partial charge in [-0.15, -0.1) is 5.10 Å². The predicted octanol–water partition coefficient (Wildman–Crippen LogP) is 1.46. The molecule has 12 heteroatoms. The minimum absolute atomic E-state index is 0.00126. The van der Waals surface area contributed by atoms with E-state index >= 15 is 0 Å². The number of ether oxygens (including phenoxy) is 1. The quantitative estimate of drug-likeness (QED) is 0.334. The fourth-order valence-electron chi connectivity index (χ4n) is 2.73. The van der Waals surface area contributed by atoms with Crippen LogP contribution < -0.4 is 15.9 Å². The Hall–Kier alpha value is -4.61. The third kappa shape index (κ3) is 4.22. The van der Waals surface area contributed by atoms with Gasteiger partial charge in [-0.05, 0) is 47.6 Å². The number of hydrazone groups is 1. The van der Waals surface area contributed by atoms with E-state index < -0.39 is 5.91 Å². The van der Waals surface area contributed by atoms with E-state index in [4.69, 9.17) is 10.5 Å². The first-order chi connectivity index (χ1) is 15.2. The third-order valence-electron chi connectivity index (χ3n) is 4.08. The van der Waals surface area contributed by atoms with Crippen molar-refractivity contribution in [2.75, 3.05) is 12.3 Å². The average Bonchev–Trinajstić information content (AvgIpc) is 3.41. The van der Waals surface area contributed by atoms with Crippen LogP contribution in [0.2, 0.25) is 0 Å². The normalized spacial score (nSPS) is 11.0. The molecule has 4 aromatic rings. The minimum atomic E-state index is -0.578. The number of amides is 1. The van der Waals surface area contributed by atoms with Crippen molar-refractivity contribution in [2.24, 2.45) is 5.10 Å². The number of carbonyl (C=O) groups is 1. The minimum Gasteiger partial charge on any atom is -0.494 e. The summed E-state index contributed by atoms with van der Waals surface area (Å²) in [6.45, 7) is 2.42. The maximum Gasteiger partial charge on any atom is 0.294 e. The Labute approximate surface area is 175 Å². The average molecular weight is 419 g/mol. The summed E-state index contributed by atoms with van der Waals surface area (Å²) in [7, 11) is 0. The van der Waals surface area contributed by atoms with E-state index in [9.17, 15) is 4.79 Å². The summed E-state index contributed by atoms with van der Waals surface area (Å²) in [6, 6.07) is 10.6. The van der Waals surface area contributed by atoms with Crippen LogP contribution in [0.25, 0.3) is 17.1 Å². The van der Waals surface area contributed by atoms with Crippen molar-refractivity contribution in [2.45, 2.75) is 6.92 Å². The first-order valence-corrected chi connectivity index (χ1v) is 9.18. The molecule has 0 fully saturated rings. The molecule has 1 aromatic carbocycles. The van der Waals surface area contributed by atoms with E-state index in [1.165, 1.54) is 10.9 Å². The molecule has 0 aliphatic carbocycles. The zero-order chi connectivity index (χ0) is 21.6. The lowest BCUT2D eigenvalue weighted by molar-refractivity contribution is 0.0950. The molecular weight excluding hydrogens is 402 g/mol. The number of hydrogen-bond acceptors (Lipinski definition) is 10. The van der Waals surface area contributed by atoms with Gasteiger partial charge in [0.15, 0.2) is 5.69 Å². The Morgan fingerprint density at radius 2 is 2.13 bits per heavy atom. The molecule has 12 nitrogen and oxygen atoms in total. The van der Waals surface area contributed by atoms with Gasteiger partial charge in [0.2, 0.25) is 11.6 Å². The molecule has 0 aliphatic heterocycles. The van der Waals surface area contributed by atoms with E-state index in [-0.39, 0.29) is 17.3 Å². The summed E-state index contributed by atoms with van der Waals surface area (Å²) in [5, 5.41) is 19.3. The highest BCUT2D eigenvalue weighted by molar-refractivity contribution is 5.98. The Bertz CT molecular complexity index is 1200. The summed E-state index contributed by atoms with van der Waals surface area (Å²) >= 11 is 0. The number of carbonyl (C=O) groups excluding carboxylic acids is 1. The number of pyridine rings is 1. The van der Waals surface area contributed by atoms with Gasteiger partial charge in [0.1, 0.15) is 11.4 Å². The SMILES string of the molecule is CCOc1ccc(-c2c(C(=O)N/N=C\c3cccnc3)nnn2-c2nonc2N)cc1. The van der Waals surface area contributed by atoms with Crippen LogP contribution in [0.1, 0.15) is 23.0 Å². The molecule has 3 heterocycles. The summed E-state index contributed by atoms with van der Waals surface area (Å²) in [4.78, 5) is 16.8. The lowest BCUT2D eigenvalue weighted by Gasteiger charge is -2.07.